The summed E-state index contributed by atoms with van der Waals surface area (Å²) in [4.78, 5) is 40.5. The van der Waals surface area contributed by atoms with E-state index < -0.39 is 17.1 Å². The Kier molecular flexibility index (Phi) is 12.1. The Morgan fingerprint density at radius 1 is 0.889 bits per heavy atom. The largest absolute Gasteiger partial charge is 0.495 e. The zero-order valence-corrected chi connectivity index (χ0v) is 27.9. The second-order valence-electron chi connectivity index (χ2n) is 9.61. The van der Waals surface area contributed by atoms with Gasteiger partial charge in [-0.3, -0.25) is 14.4 Å². The van der Waals surface area contributed by atoms with E-state index in [1.165, 1.54) is 26.0 Å². The van der Waals surface area contributed by atoms with Gasteiger partial charge in [0.25, 0.3) is 11.8 Å². The summed E-state index contributed by atoms with van der Waals surface area (Å²) in [5.41, 5.74) is 2.13. The quantitative estimate of drug-likeness (QED) is 0.102. The van der Waals surface area contributed by atoms with Crippen LogP contribution in [-0.4, -0.2) is 37.2 Å². The third-order valence-electron chi connectivity index (χ3n) is 6.45. The summed E-state index contributed by atoms with van der Waals surface area (Å²) in [6.45, 7) is 1.91. The molecule has 0 radical (unpaired) electrons. The molecule has 0 saturated heterocycles. The summed E-state index contributed by atoms with van der Waals surface area (Å²) >= 11 is 11.1. The summed E-state index contributed by atoms with van der Waals surface area (Å²) in [6.07, 6.45) is 2.14. The fourth-order valence-electron chi connectivity index (χ4n) is 4.21. The fraction of sp³-hybridized carbons (Fsp3) is 0.147. The average Bonchev–Trinajstić information content (AvgIpc) is 3.04. The van der Waals surface area contributed by atoms with Crippen molar-refractivity contribution in [2.75, 3.05) is 24.9 Å². The Morgan fingerprint density at radius 2 is 1.62 bits per heavy atom. The topological polar surface area (TPSA) is 106 Å². The maximum absolute atomic E-state index is 13.5. The van der Waals surface area contributed by atoms with Crippen LogP contribution in [-0.2, 0) is 9.59 Å². The lowest BCUT2D eigenvalue weighted by Gasteiger charge is -2.18. The molecular formula is C34H31BrClN3O5S. The third kappa shape index (κ3) is 9.37. The highest BCUT2D eigenvalue weighted by Crippen LogP contribution is 2.37. The molecule has 232 valence electrons. The lowest BCUT2D eigenvalue weighted by Crippen LogP contribution is -2.30. The lowest BCUT2D eigenvalue weighted by atomic mass is 10.1. The van der Waals surface area contributed by atoms with E-state index >= 15 is 0 Å². The fourth-order valence-corrected chi connectivity index (χ4v) is 5.88. The number of benzene rings is 4. The lowest BCUT2D eigenvalue weighted by molar-refractivity contribution is -0.116. The van der Waals surface area contributed by atoms with Crippen molar-refractivity contribution in [2.24, 2.45) is 0 Å². The van der Waals surface area contributed by atoms with Crippen molar-refractivity contribution in [2.45, 2.75) is 23.5 Å². The van der Waals surface area contributed by atoms with Crippen LogP contribution in [0.1, 0.15) is 29.3 Å². The molecule has 0 spiro atoms. The molecular weight excluding hydrogens is 678 g/mol. The summed E-state index contributed by atoms with van der Waals surface area (Å²) in [5.74, 6) is -0.307. The van der Waals surface area contributed by atoms with Gasteiger partial charge in [0.15, 0.2) is 0 Å². The van der Waals surface area contributed by atoms with Crippen molar-refractivity contribution in [3.8, 4) is 11.5 Å². The molecule has 0 aliphatic carbocycles. The Bertz CT molecular complexity index is 1720. The van der Waals surface area contributed by atoms with Crippen molar-refractivity contribution in [1.82, 2.24) is 5.32 Å². The highest BCUT2D eigenvalue weighted by Gasteiger charge is 2.21. The maximum atomic E-state index is 13.5. The van der Waals surface area contributed by atoms with Crippen LogP contribution in [0, 0.1) is 0 Å². The number of ether oxygens (including phenoxy) is 2. The van der Waals surface area contributed by atoms with Gasteiger partial charge >= 0.3 is 0 Å². The molecule has 0 aliphatic heterocycles. The zero-order chi connectivity index (χ0) is 32.3. The summed E-state index contributed by atoms with van der Waals surface area (Å²) in [5, 5.41) is 8.40. The van der Waals surface area contributed by atoms with E-state index in [9.17, 15) is 14.4 Å². The van der Waals surface area contributed by atoms with E-state index in [1.807, 2.05) is 43.3 Å². The molecule has 8 nitrogen and oxygen atoms in total. The average molecular weight is 709 g/mol. The first-order valence-corrected chi connectivity index (χ1v) is 15.9. The molecule has 3 amide bonds. The Balaban J connectivity index is 1.51. The van der Waals surface area contributed by atoms with Crippen LogP contribution in [0.5, 0.6) is 11.5 Å². The van der Waals surface area contributed by atoms with E-state index in [2.05, 4.69) is 31.9 Å². The van der Waals surface area contributed by atoms with Gasteiger partial charge in [-0.25, -0.2) is 0 Å². The van der Waals surface area contributed by atoms with Crippen LogP contribution in [0.2, 0.25) is 5.02 Å². The van der Waals surface area contributed by atoms with Crippen LogP contribution < -0.4 is 25.4 Å². The molecule has 45 heavy (non-hydrogen) atoms. The van der Waals surface area contributed by atoms with Crippen molar-refractivity contribution < 1.29 is 23.9 Å². The zero-order valence-electron chi connectivity index (χ0n) is 24.7. The number of hydrogen-bond donors (Lipinski definition) is 3. The summed E-state index contributed by atoms with van der Waals surface area (Å²) in [6, 6.07) is 26.4. The van der Waals surface area contributed by atoms with Crippen LogP contribution in [0.25, 0.3) is 6.08 Å². The van der Waals surface area contributed by atoms with Crippen molar-refractivity contribution in [1.29, 1.82) is 0 Å². The van der Waals surface area contributed by atoms with Crippen molar-refractivity contribution >= 4 is 74.5 Å². The number of nitrogens with one attached hydrogen (secondary N) is 3. The van der Waals surface area contributed by atoms with Gasteiger partial charge in [0, 0.05) is 26.7 Å². The first-order valence-electron chi connectivity index (χ1n) is 13.8. The molecule has 0 aliphatic rings. The van der Waals surface area contributed by atoms with E-state index in [-0.39, 0.29) is 11.6 Å². The molecule has 4 rings (SSSR count). The molecule has 3 N–H and O–H groups in total. The first kappa shape index (κ1) is 33.6. The van der Waals surface area contributed by atoms with E-state index in [0.29, 0.717) is 39.9 Å². The maximum Gasteiger partial charge on any atom is 0.272 e. The number of rotatable bonds is 12. The van der Waals surface area contributed by atoms with Crippen molar-refractivity contribution in [3.05, 3.63) is 117 Å². The molecule has 0 saturated carbocycles. The van der Waals surface area contributed by atoms with E-state index in [0.717, 1.165) is 14.9 Å². The molecule has 1 unspecified atom stereocenters. The van der Waals surface area contributed by atoms with Gasteiger partial charge in [-0.15, -0.1) is 11.8 Å². The third-order valence-corrected chi connectivity index (χ3v) is 8.60. The number of anilines is 2. The van der Waals surface area contributed by atoms with E-state index in [1.54, 1.807) is 60.7 Å². The number of halogens is 2. The molecule has 0 heterocycles. The second-order valence-corrected chi connectivity index (χ2v) is 12.2. The minimum absolute atomic E-state index is 0.0675. The van der Waals surface area contributed by atoms with Gasteiger partial charge in [-0.05, 0) is 66.6 Å². The van der Waals surface area contributed by atoms with Gasteiger partial charge in [0.1, 0.15) is 17.2 Å². The molecule has 1 atom stereocenters. The molecule has 0 aromatic heterocycles. The smallest absolute Gasteiger partial charge is 0.272 e. The van der Waals surface area contributed by atoms with Crippen LogP contribution >= 0.6 is 39.3 Å². The molecule has 11 heteroatoms. The Labute approximate surface area is 279 Å². The minimum Gasteiger partial charge on any atom is -0.495 e. The second kappa shape index (κ2) is 16.2. The first-order chi connectivity index (χ1) is 21.7. The van der Waals surface area contributed by atoms with Crippen molar-refractivity contribution in [3.63, 3.8) is 0 Å². The van der Waals surface area contributed by atoms with Gasteiger partial charge in [0.05, 0.1) is 30.2 Å². The van der Waals surface area contributed by atoms with Crippen LogP contribution in [0.15, 0.2) is 106 Å². The SMILES string of the molecule is CCC(Sc1cccc(NC(=O)/C(=C\c2cccc(Br)c2)NC(=O)c2ccccc2)c1)C(=O)Nc1cc(Cl)c(OC)cc1OC. The number of methoxy groups -OCH3 is 2. The van der Waals surface area contributed by atoms with Gasteiger partial charge in [0.2, 0.25) is 5.91 Å². The summed E-state index contributed by atoms with van der Waals surface area (Å²) in [7, 11) is 3.00. The highest BCUT2D eigenvalue weighted by atomic mass is 79.9. The highest BCUT2D eigenvalue weighted by molar-refractivity contribution is 9.10. The number of amides is 3. The molecule has 0 fully saturated rings. The van der Waals surface area contributed by atoms with E-state index in [4.69, 9.17) is 21.1 Å². The van der Waals surface area contributed by atoms with Crippen LogP contribution in [0.3, 0.4) is 0 Å². The number of carbonyl (C=O) groups is 3. The summed E-state index contributed by atoms with van der Waals surface area (Å²) < 4.78 is 11.5. The van der Waals surface area contributed by atoms with Gasteiger partial charge in [-0.2, -0.15) is 0 Å². The van der Waals surface area contributed by atoms with Crippen LogP contribution in [0.4, 0.5) is 11.4 Å². The number of hydrogen-bond acceptors (Lipinski definition) is 6. The van der Waals surface area contributed by atoms with Gasteiger partial charge < -0.3 is 25.4 Å². The molecule has 4 aromatic rings. The standard InChI is InChI=1S/C34H31BrClN3O5S/c1-4-31(34(42)38-27-19-26(36)29(43-2)20-30(27)44-3)45-25-15-9-14-24(18-25)37-33(41)28(17-21-10-8-13-23(35)16-21)39-32(40)22-11-6-5-7-12-22/h5-20,31H,4H2,1-3H3,(H,37,41)(H,38,42)(H,39,40)/b28-17+. The number of thioether (sulfide) groups is 1. The predicted molar refractivity (Wildman–Crippen MR) is 184 cm³/mol. The number of carbonyl (C=O) groups excluding carboxylic acids is 3. The van der Waals surface area contributed by atoms with Gasteiger partial charge in [-0.1, -0.05) is 70.9 Å². The monoisotopic (exact) mass is 707 g/mol. The predicted octanol–water partition coefficient (Wildman–Crippen LogP) is 8.04. The Hall–Kier alpha value is -4.25. The normalized spacial score (nSPS) is 11.7. The minimum atomic E-state index is -0.505. The molecule has 4 aromatic carbocycles. The Morgan fingerprint density at radius 3 is 2.31 bits per heavy atom. The molecule has 0 bridgehead atoms.